The number of hydrogen-bond donors (Lipinski definition) is 1. The van der Waals surface area contributed by atoms with Gasteiger partial charge < -0.3 is 10.0 Å². The first-order chi connectivity index (χ1) is 9.42. The van der Waals surface area contributed by atoms with Crippen molar-refractivity contribution in [2.45, 2.75) is 0 Å². The zero-order valence-electron chi connectivity index (χ0n) is 10.4. The standard InChI is InChI=1S/C12H12F2N2O4/c1-2-3-15(4-5-17)12(18)8-6-11(16(19)20)10(14)7-9(8)13/h2,6-7,17H,1,3-5H2. The van der Waals surface area contributed by atoms with Gasteiger partial charge in [-0.05, 0) is 0 Å². The molecular weight excluding hydrogens is 274 g/mol. The second kappa shape index (κ2) is 6.71. The van der Waals surface area contributed by atoms with Gasteiger partial charge in [0.05, 0.1) is 17.1 Å². The number of rotatable bonds is 6. The molecule has 0 fully saturated rings. The maximum Gasteiger partial charge on any atom is 0.305 e. The average Bonchev–Trinajstić information content (AvgIpc) is 2.37. The normalized spacial score (nSPS) is 10.2. The lowest BCUT2D eigenvalue weighted by Gasteiger charge is -2.20. The molecule has 6 nitrogen and oxygen atoms in total. The Bertz CT molecular complexity index is 549. The minimum atomic E-state index is -1.36. The van der Waals surface area contributed by atoms with Crippen molar-refractivity contribution in [1.82, 2.24) is 4.90 Å². The van der Waals surface area contributed by atoms with Crippen LogP contribution in [-0.4, -0.2) is 40.5 Å². The molecule has 0 aliphatic heterocycles. The Morgan fingerprint density at radius 3 is 2.60 bits per heavy atom. The third-order valence-electron chi connectivity index (χ3n) is 2.47. The first-order valence-electron chi connectivity index (χ1n) is 5.56. The third-order valence-corrected chi connectivity index (χ3v) is 2.47. The van der Waals surface area contributed by atoms with Crippen molar-refractivity contribution in [2.24, 2.45) is 0 Å². The molecule has 0 spiro atoms. The van der Waals surface area contributed by atoms with E-state index in [2.05, 4.69) is 6.58 Å². The summed E-state index contributed by atoms with van der Waals surface area (Å²) in [6.45, 7) is 2.95. The summed E-state index contributed by atoms with van der Waals surface area (Å²) in [5, 5.41) is 19.4. The van der Waals surface area contributed by atoms with Crippen LogP contribution < -0.4 is 0 Å². The highest BCUT2D eigenvalue weighted by Crippen LogP contribution is 2.22. The molecule has 0 aliphatic rings. The summed E-state index contributed by atoms with van der Waals surface area (Å²) in [7, 11) is 0. The monoisotopic (exact) mass is 286 g/mol. The fourth-order valence-corrected chi connectivity index (χ4v) is 1.56. The van der Waals surface area contributed by atoms with Crippen molar-refractivity contribution in [2.75, 3.05) is 19.7 Å². The lowest BCUT2D eigenvalue weighted by Crippen LogP contribution is -2.34. The number of nitrogens with zero attached hydrogens (tertiary/aromatic N) is 2. The van der Waals surface area contributed by atoms with Crippen molar-refractivity contribution in [3.05, 3.63) is 52.1 Å². The molecule has 20 heavy (non-hydrogen) atoms. The Kier molecular flexibility index (Phi) is 5.27. The summed E-state index contributed by atoms with van der Waals surface area (Å²) in [6.07, 6.45) is 1.35. The van der Waals surface area contributed by atoms with Gasteiger partial charge in [0.15, 0.2) is 0 Å². The van der Waals surface area contributed by atoms with E-state index in [0.717, 1.165) is 4.90 Å². The molecule has 0 unspecified atom stereocenters. The molecule has 0 aliphatic carbocycles. The summed E-state index contributed by atoms with van der Waals surface area (Å²) in [5.74, 6) is -3.45. The van der Waals surface area contributed by atoms with Crippen LogP contribution >= 0.6 is 0 Å². The molecule has 0 atom stereocenters. The van der Waals surface area contributed by atoms with Crippen LogP contribution in [0.3, 0.4) is 0 Å². The van der Waals surface area contributed by atoms with Crippen molar-refractivity contribution in [3.8, 4) is 0 Å². The largest absolute Gasteiger partial charge is 0.395 e. The van der Waals surface area contributed by atoms with Crippen LogP contribution in [0.2, 0.25) is 0 Å². The smallest absolute Gasteiger partial charge is 0.305 e. The molecule has 1 aromatic carbocycles. The first-order valence-corrected chi connectivity index (χ1v) is 5.56. The number of aliphatic hydroxyl groups is 1. The van der Waals surface area contributed by atoms with Crippen molar-refractivity contribution < 1.29 is 23.6 Å². The van der Waals surface area contributed by atoms with E-state index in [4.69, 9.17) is 5.11 Å². The molecule has 0 radical (unpaired) electrons. The first kappa shape index (κ1) is 15.7. The van der Waals surface area contributed by atoms with Crippen molar-refractivity contribution >= 4 is 11.6 Å². The van der Waals surface area contributed by atoms with Gasteiger partial charge in [-0.15, -0.1) is 6.58 Å². The van der Waals surface area contributed by atoms with Crippen molar-refractivity contribution in [3.63, 3.8) is 0 Å². The Hall–Kier alpha value is -2.35. The average molecular weight is 286 g/mol. The van der Waals surface area contributed by atoms with Crippen LogP contribution in [0.1, 0.15) is 10.4 Å². The van der Waals surface area contributed by atoms with Crippen LogP contribution in [-0.2, 0) is 0 Å². The minimum Gasteiger partial charge on any atom is -0.395 e. The summed E-state index contributed by atoms with van der Waals surface area (Å²) < 4.78 is 26.8. The van der Waals surface area contributed by atoms with E-state index in [0.29, 0.717) is 6.07 Å². The van der Waals surface area contributed by atoms with E-state index in [9.17, 15) is 23.7 Å². The number of nitro benzene ring substituents is 1. The fourth-order valence-electron chi connectivity index (χ4n) is 1.56. The highest BCUT2D eigenvalue weighted by Gasteiger charge is 2.24. The van der Waals surface area contributed by atoms with Crippen LogP contribution in [0.15, 0.2) is 24.8 Å². The van der Waals surface area contributed by atoms with E-state index >= 15 is 0 Å². The second-order valence-electron chi connectivity index (χ2n) is 3.80. The van der Waals surface area contributed by atoms with Gasteiger partial charge in [0, 0.05) is 25.2 Å². The van der Waals surface area contributed by atoms with Crippen LogP contribution in [0.5, 0.6) is 0 Å². The van der Waals surface area contributed by atoms with E-state index < -0.39 is 33.7 Å². The number of hydrogen-bond acceptors (Lipinski definition) is 4. The van der Waals surface area contributed by atoms with E-state index in [1.54, 1.807) is 0 Å². The number of carbonyl (C=O) groups excluding carboxylic acids is 1. The summed E-state index contributed by atoms with van der Waals surface area (Å²) in [6, 6.07) is 0.830. The Balaban J connectivity index is 3.23. The van der Waals surface area contributed by atoms with Gasteiger partial charge in [0.25, 0.3) is 5.91 Å². The number of benzene rings is 1. The number of aliphatic hydroxyl groups excluding tert-OH is 1. The molecule has 108 valence electrons. The number of amides is 1. The van der Waals surface area contributed by atoms with Gasteiger partial charge >= 0.3 is 5.69 Å². The second-order valence-corrected chi connectivity index (χ2v) is 3.80. The van der Waals surface area contributed by atoms with Gasteiger partial charge in [-0.1, -0.05) is 6.08 Å². The number of halogens is 2. The molecule has 1 N–H and O–H groups in total. The van der Waals surface area contributed by atoms with Crippen LogP contribution in [0.4, 0.5) is 14.5 Å². The topological polar surface area (TPSA) is 83.7 Å². The molecular formula is C12H12F2N2O4. The molecule has 1 amide bonds. The molecule has 0 heterocycles. The lowest BCUT2D eigenvalue weighted by atomic mass is 10.1. The van der Waals surface area contributed by atoms with Crippen LogP contribution in [0, 0.1) is 21.7 Å². The van der Waals surface area contributed by atoms with Crippen LogP contribution in [0.25, 0.3) is 0 Å². The SMILES string of the molecule is C=CCN(CCO)C(=O)c1cc([N+](=O)[O-])c(F)cc1F. The Morgan fingerprint density at radius 2 is 2.10 bits per heavy atom. The molecule has 0 bridgehead atoms. The van der Waals surface area contributed by atoms with Gasteiger partial charge in [0.1, 0.15) is 5.82 Å². The predicted molar refractivity (Wildman–Crippen MR) is 66.2 cm³/mol. The summed E-state index contributed by atoms with van der Waals surface area (Å²) >= 11 is 0. The van der Waals surface area contributed by atoms with E-state index in [-0.39, 0.29) is 25.8 Å². The summed E-state index contributed by atoms with van der Waals surface area (Å²) in [4.78, 5) is 22.6. The summed E-state index contributed by atoms with van der Waals surface area (Å²) in [5.41, 5.74) is -1.62. The van der Waals surface area contributed by atoms with Gasteiger partial charge in [-0.2, -0.15) is 4.39 Å². The molecule has 0 aromatic heterocycles. The maximum atomic E-state index is 13.6. The highest BCUT2D eigenvalue weighted by atomic mass is 19.1. The molecule has 8 heteroatoms. The van der Waals surface area contributed by atoms with Crippen molar-refractivity contribution in [1.29, 1.82) is 0 Å². The van der Waals surface area contributed by atoms with Gasteiger partial charge in [-0.3, -0.25) is 14.9 Å². The molecule has 0 saturated heterocycles. The van der Waals surface area contributed by atoms with Gasteiger partial charge in [-0.25, -0.2) is 4.39 Å². The molecule has 1 rings (SSSR count). The molecule has 1 aromatic rings. The third kappa shape index (κ3) is 3.35. The number of nitro groups is 1. The Morgan fingerprint density at radius 1 is 1.45 bits per heavy atom. The van der Waals surface area contributed by atoms with E-state index in [1.165, 1.54) is 6.08 Å². The zero-order chi connectivity index (χ0) is 15.3. The Labute approximate surface area is 113 Å². The van der Waals surface area contributed by atoms with Gasteiger partial charge in [0.2, 0.25) is 5.82 Å². The highest BCUT2D eigenvalue weighted by molar-refractivity contribution is 5.95. The van der Waals surface area contributed by atoms with E-state index in [1.807, 2.05) is 0 Å². The minimum absolute atomic E-state index is 0.0179. The fraction of sp³-hybridized carbons (Fsp3) is 0.250. The quantitative estimate of drug-likeness (QED) is 0.488. The predicted octanol–water partition coefficient (Wildman–Crippen LogP) is 1.49. The maximum absolute atomic E-state index is 13.6. The zero-order valence-corrected chi connectivity index (χ0v) is 10.4. The lowest BCUT2D eigenvalue weighted by molar-refractivity contribution is -0.387. The molecule has 0 saturated carbocycles. The number of carbonyl (C=O) groups is 1.